The van der Waals surface area contributed by atoms with E-state index in [1.165, 1.54) is 6.92 Å². The summed E-state index contributed by atoms with van der Waals surface area (Å²) < 4.78 is 60.1. The first-order valence-corrected chi connectivity index (χ1v) is 5.19. The fourth-order valence-electron chi connectivity index (χ4n) is 0.453. The predicted octanol–water partition coefficient (Wildman–Crippen LogP) is 1.20. The van der Waals surface area contributed by atoms with E-state index in [4.69, 9.17) is 0 Å². The summed E-state index contributed by atoms with van der Waals surface area (Å²) in [6, 6.07) is 0. The molecular formula is C5H8F3NO3S2. The molecule has 0 aliphatic rings. The van der Waals surface area contributed by atoms with E-state index in [0.29, 0.717) is 0 Å². The summed E-state index contributed by atoms with van der Waals surface area (Å²) in [4.78, 5) is 3.23. The zero-order chi connectivity index (χ0) is 11.6. The Morgan fingerprint density at radius 2 is 1.93 bits per heavy atom. The van der Waals surface area contributed by atoms with Crippen molar-refractivity contribution in [2.75, 3.05) is 7.05 Å². The van der Waals surface area contributed by atoms with Crippen molar-refractivity contribution >= 4 is 28.6 Å². The van der Waals surface area contributed by atoms with Crippen LogP contribution < -0.4 is 0 Å². The van der Waals surface area contributed by atoms with E-state index in [9.17, 15) is 21.6 Å². The highest BCUT2D eigenvalue weighted by Gasteiger charge is 2.49. The van der Waals surface area contributed by atoms with Gasteiger partial charge in [-0.2, -0.15) is 34.2 Å². The van der Waals surface area contributed by atoms with Crippen molar-refractivity contribution in [3.05, 3.63) is 0 Å². The molecule has 0 radical (unpaired) electrons. The average Bonchev–Trinajstić information content (AvgIpc) is 1.97. The Kier molecular flexibility index (Phi) is 4.25. The molecule has 0 N–H and O–H groups in total. The molecule has 0 fully saturated rings. The van der Waals surface area contributed by atoms with E-state index in [2.05, 4.69) is 21.8 Å². The molecule has 0 bridgehead atoms. The van der Waals surface area contributed by atoms with Crippen molar-refractivity contribution in [2.24, 2.45) is 4.99 Å². The van der Waals surface area contributed by atoms with Crippen molar-refractivity contribution in [3.8, 4) is 0 Å². The quantitative estimate of drug-likeness (QED) is 0.264. The van der Waals surface area contributed by atoms with Crippen LogP contribution in [0.2, 0.25) is 0 Å². The highest BCUT2D eigenvalue weighted by molar-refractivity contribution is 7.88. The SMILES string of the molecule is CN=C(OS(=O)(=O)C(F)(F)F)C(C)S. The molecule has 0 spiro atoms. The molecule has 14 heavy (non-hydrogen) atoms. The van der Waals surface area contributed by atoms with Crippen LogP contribution in [0.25, 0.3) is 0 Å². The maximum Gasteiger partial charge on any atom is 0.534 e. The molecule has 0 heterocycles. The van der Waals surface area contributed by atoms with E-state index >= 15 is 0 Å². The lowest BCUT2D eigenvalue weighted by Gasteiger charge is -2.12. The predicted molar refractivity (Wildman–Crippen MR) is 47.9 cm³/mol. The van der Waals surface area contributed by atoms with Gasteiger partial charge in [0, 0.05) is 7.05 Å². The van der Waals surface area contributed by atoms with Gasteiger partial charge in [-0.3, -0.25) is 4.99 Å². The van der Waals surface area contributed by atoms with Crippen LogP contribution in [0.4, 0.5) is 13.2 Å². The Labute approximate surface area is 84.7 Å². The Balaban J connectivity index is 4.87. The second-order valence-corrected chi connectivity index (χ2v) is 4.53. The number of halogens is 3. The van der Waals surface area contributed by atoms with Gasteiger partial charge >= 0.3 is 15.6 Å². The molecule has 84 valence electrons. The maximum atomic E-state index is 11.8. The van der Waals surface area contributed by atoms with Crippen molar-refractivity contribution in [3.63, 3.8) is 0 Å². The lowest BCUT2D eigenvalue weighted by Crippen LogP contribution is -2.30. The van der Waals surface area contributed by atoms with Gasteiger partial charge in [-0.15, -0.1) is 0 Å². The normalized spacial score (nSPS) is 16.6. The molecule has 0 saturated heterocycles. The first-order chi connectivity index (χ1) is 6.12. The van der Waals surface area contributed by atoms with Crippen LogP contribution in [-0.4, -0.2) is 32.1 Å². The summed E-state index contributed by atoms with van der Waals surface area (Å²) in [5, 5.41) is -0.836. The minimum atomic E-state index is -5.63. The molecule has 1 atom stereocenters. The zero-order valence-electron chi connectivity index (χ0n) is 7.24. The lowest BCUT2D eigenvalue weighted by molar-refractivity contribution is -0.0505. The number of aliphatic imine (C=N–C) groups is 1. The summed E-state index contributed by atoms with van der Waals surface area (Å²) >= 11 is 3.69. The lowest BCUT2D eigenvalue weighted by atomic mass is 10.5. The molecule has 9 heteroatoms. The van der Waals surface area contributed by atoms with Gasteiger partial charge in [0.25, 0.3) is 0 Å². The molecule has 0 aromatic carbocycles. The zero-order valence-corrected chi connectivity index (χ0v) is 8.95. The van der Waals surface area contributed by atoms with E-state index in [-0.39, 0.29) is 0 Å². The smallest absolute Gasteiger partial charge is 0.359 e. The van der Waals surface area contributed by atoms with Gasteiger partial charge in [-0.1, -0.05) is 0 Å². The van der Waals surface area contributed by atoms with Crippen LogP contribution in [0, 0.1) is 0 Å². The third kappa shape index (κ3) is 3.37. The third-order valence-electron chi connectivity index (χ3n) is 1.06. The standard InChI is InChI=1S/C5H8F3NO3S2/c1-3(13)4(9-2)12-14(10,11)5(6,7)8/h3,13H,1-2H3. The Morgan fingerprint density at radius 1 is 1.50 bits per heavy atom. The van der Waals surface area contributed by atoms with Gasteiger partial charge < -0.3 is 4.18 Å². The Hall–Kier alpha value is -0.440. The van der Waals surface area contributed by atoms with Crippen LogP contribution in [0.3, 0.4) is 0 Å². The van der Waals surface area contributed by atoms with E-state index in [1.54, 1.807) is 0 Å². The largest absolute Gasteiger partial charge is 0.534 e. The fraction of sp³-hybridized carbons (Fsp3) is 0.800. The summed E-state index contributed by atoms with van der Waals surface area (Å²) in [6.07, 6.45) is 0. The van der Waals surface area contributed by atoms with Crippen LogP contribution in [0.1, 0.15) is 6.92 Å². The molecule has 0 saturated carbocycles. The van der Waals surface area contributed by atoms with Crippen LogP contribution in [0.15, 0.2) is 4.99 Å². The van der Waals surface area contributed by atoms with Crippen molar-refractivity contribution in [1.29, 1.82) is 0 Å². The summed E-state index contributed by atoms with van der Waals surface area (Å²) in [5.41, 5.74) is -5.45. The van der Waals surface area contributed by atoms with Crippen LogP contribution >= 0.6 is 12.6 Å². The van der Waals surface area contributed by atoms with Crippen molar-refractivity contribution in [1.82, 2.24) is 0 Å². The van der Waals surface area contributed by atoms with Gasteiger partial charge in [-0.05, 0) is 6.92 Å². The molecular weight excluding hydrogens is 243 g/mol. The van der Waals surface area contributed by atoms with Crippen molar-refractivity contribution in [2.45, 2.75) is 17.7 Å². The molecule has 0 aliphatic carbocycles. The van der Waals surface area contributed by atoms with Gasteiger partial charge in [0.05, 0.1) is 5.25 Å². The summed E-state index contributed by atoms with van der Waals surface area (Å²) in [7, 11) is -4.53. The van der Waals surface area contributed by atoms with E-state index in [1.807, 2.05) is 0 Å². The topological polar surface area (TPSA) is 55.7 Å². The molecule has 1 unspecified atom stereocenters. The monoisotopic (exact) mass is 251 g/mol. The van der Waals surface area contributed by atoms with Crippen LogP contribution in [0.5, 0.6) is 0 Å². The Bertz CT molecular complexity index is 320. The molecule has 0 aliphatic heterocycles. The van der Waals surface area contributed by atoms with Crippen LogP contribution in [-0.2, 0) is 14.3 Å². The first-order valence-electron chi connectivity index (χ1n) is 3.27. The average molecular weight is 251 g/mol. The van der Waals surface area contributed by atoms with Crippen molar-refractivity contribution < 1.29 is 25.8 Å². The number of hydrogen-bond acceptors (Lipinski definition) is 5. The number of nitrogens with zero attached hydrogens (tertiary/aromatic N) is 1. The summed E-state index contributed by atoms with van der Waals surface area (Å²) in [5.74, 6) is -0.606. The second-order valence-electron chi connectivity index (χ2n) is 2.22. The number of alkyl halides is 3. The highest BCUT2D eigenvalue weighted by atomic mass is 32.2. The summed E-state index contributed by atoms with van der Waals surface area (Å²) in [6.45, 7) is 1.33. The molecule has 0 rings (SSSR count). The molecule has 0 aromatic rings. The first kappa shape index (κ1) is 13.6. The minimum Gasteiger partial charge on any atom is -0.359 e. The van der Waals surface area contributed by atoms with Gasteiger partial charge in [0.2, 0.25) is 5.90 Å². The highest BCUT2D eigenvalue weighted by Crippen LogP contribution is 2.25. The Morgan fingerprint density at radius 3 is 2.14 bits per heavy atom. The van der Waals surface area contributed by atoms with Gasteiger partial charge in [0.15, 0.2) is 0 Å². The molecule has 4 nitrogen and oxygen atoms in total. The number of rotatable bonds is 2. The van der Waals surface area contributed by atoms with E-state index < -0.39 is 26.8 Å². The fourth-order valence-corrected chi connectivity index (χ4v) is 1.23. The third-order valence-corrected chi connectivity index (χ3v) is 2.23. The number of thiol groups is 1. The maximum absolute atomic E-state index is 11.8. The molecule has 0 aromatic heterocycles. The second kappa shape index (κ2) is 4.39. The van der Waals surface area contributed by atoms with Gasteiger partial charge in [0.1, 0.15) is 0 Å². The molecule has 0 amide bonds. The number of hydrogen-bond donors (Lipinski definition) is 1. The van der Waals surface area contributed by atoms with E-state index in [0.717, 1.165) is 7.05 Å². The van der Waals surface area contributed by atoms with Gasteiger partial charge in [-0.25, -0.2) is 0 Å². The minimum absolute atomic E-state index is 0.606.